The highest BCUT2D eigenvalue weighted by Crippen LogP contribution is 2.20. The molecular formula is C17H27N5O3. The van der Waals surface area contributed by atoms with E-state index in [1.54, 1.807) is 14.2 Å². The molecule has 0 radical (unpaired) electrons. The summed E-state index contributed by atoms with van der Waals surface area (Å²) >= 11 is 0. The summed E-state index contributed by atoms with van der Waals surface area (Å²) in [6.07, 6.45) is 0.940. The fourth-order valence-electron chi connectivity index (χ4n) is 2.90. The number of methoxy groups -OCH3 is 1. The van der Waals surface area contributed by atoms with Gasteiger partial charge in [-0.2, -0.15) is 0 Å². The number of nitrogens with one attached hydrogen (secondary N) is 3. The lowest BCUT2D eigenvalue weighted by Gasteiger charge is -2.10. The van der Waals surface area contributed by atoms with Gasteiger partial charge in [-0.05, 0) is 31.4 Å². The summed E-state index contributed by atoms with van der Waals surface area (Å²) < 4.78 is 6.37. The minimum Gasteiger partial charge on any atom is -0.383 e. The number of aryl methyl sites for hydroxylation is 3. The molecule has 3 N–H and O–H groups in total. The minimum absolute atomic E-state index is 0.00518. The predicted octanol–water partition coefficient (Wildman–Crippen LogP) is 0.163. The Morgan fingerprint density at radius 1 is 1.28 bits per heavy atom. The smallest absolute Gasteiger partial charge is 0.276 e. The van der Waals surface area contributed by atoms with Gasteiger partial charge in [0.05, 0.1) is 12.0 Å². The standard InChI is InChI=1S/C17H27N5O3/c1-11-13(5-6-14(23)19-8-7-18-9-10-25-4)12(2)20-16-15(11)17(24)22(3)21-16/h18H,5-10H2,1-4H3,(H,19,23)(H,20,21). The van der Waals surface area contributed by atoms with E-state index in [0.29, 0.717) is 43.6 Å². The second kappa shape index (κ2) is 8.77. The van der Waals surface area contributed by atoms with Gasteiger partial charge in [-0.25, -0.2) is 4.98 Å². The largest absolute Gasteiger partial charge is 0.383 e. The van der Waals surface area contributed by atoms with Crippen molar-refractivity contribution in [2.45, 2.75) is 26.7 Å². The topological polar surface area (TPSA) is 101 Å². The van der Waals surface area contributed by atoms with Gasteiger partial charge in [-0.3, -0.25) is 19.4 Å². The van der Waals surface area contributed by atoms with Crippen molar-refractivity contribution in [3.05, 3.63) is 27.2 Å². The van der Waals surface area contributed by atoms with Crippen molar-refractivity contribution in [3.8, 4) is 0 Å². The lowest BCUT2D eigenvalue weighted by molar-refractivity contribution is -0.121. The van der Waals surface area contributed by atoms with Crippen LogP contribution >= 0.6 is 0 Å². The number of aromatic nitrogens is 3. The number of carbonyl (C=O) groups excluding carboxylic acids is 1. The Hall–Kier alpha value is -2.19. The molecular weight excluding hydrogens is 322 g/mol. The Morgan fingerprint density at radius 3 is 2.76 bits per heavy atom. The number of nitrogens with zero attached hydrogens (tertiary/aromatic N) is 2. The summed E-state index contributed by atoms with van der Waals surface area (Å²) in [5.74, 6) is -0.00518. The number of rotatable bonds is 9. The first-order valence-corrected chi connectivity index (χ1v) is 8.46. The number of ether oxygens (including phenoxy) is 1. The van der Waals surface area contributed by atoms with Crippen molar-refractivity contribution in [2.24, 2.45) is 7.05 Å². The summed E-state index contributed by atoms with van der Waals surface area (Å²) in [6.45, 7) is 6.53. The van der Waals surface area contributed by atoms with Crippen LogP contribution in [0.4, 0.5) is 0 Å². The Bertz CT molecular complexity index is 794. The van der Waals surface area contributed by atoms with Crippen LogP contribution in [0.5, 0.6) is 0 Å². The highest BCUT2D eigenvalue weighted by atomic mass is 16.5. The molecule has 2 aromatic rings. The normalized spacial score (nSPS) is 11.2. The molecule has 0 spiro atoms. The number of hydrogen-bond acceptors (Lipinski definition) is 5. The van der Waals surface area contributed by atoms with Crippen molar-refractivity contribution >= 4 is 16.9 Å². The molecule has 1 amide bonds. The molecule has 0 bridgehead atoms. The fraction of sp³-hybridized carbons (Fsp3) is 0.588. The van der Waals surface area contributed by atoms with Crippen molar-refractivity contribution in [3.63, 3.8) is 0 Å². The molecule has 0 saturated carbocycles. The molecule has 2 aromatic heterocycles. The molecule has 25 heavy (non-hydrogen) atoms. The number of aromatic amines is 1. The van der Waals surface area contributed by atoms with Crippen molar-refractivity contribution in [1.29, 1.82) is 0 Å². The maximum absolute atomic E-state index is 12.2. The van der Waals surface area contributed by atoms with E-state index in [-0.39, 0.29) is 11.5 Å². The second-order valence-electron chi connectivity index (χ2n) is 6.09. The van der Waals surface area contributed by atoms with Crippen LogP contribution in [0.2, 0.25) is 0 Å². The Kier molecular flexibility index (Phi) is 6.72. The summed E-state index contributed by atoms with van der Waals surface area (Å²) in [5.41, 5.74) is 3.22. The molecule has 8 heteroatoms. The minimum atomic E-state index is -0.0900. The Labute approximate surface area is 146 Å². The summed E-state index contributed by atoms with van der Waals surface area (Å²) in [4.78, 5) is 28.7. The molecule has 0 aliphatic carbocycles. The van der Waals surface area contributed by atoms with Crippen LogP contribution in [0.25, 0.3) is 11.0 Å². The maximum atomic E-state index is 12.2. The zero-order valence-electron chi connectivity index (χ0n) is 15.4. The van der Waals surface area contributed by atoms with E-state index >= 15 is 0 Å². The van der Waals surface area contributed by atoms with E-state index in [9.17, 15) is 9.59 Å². The highest BCUT2D eigenvalue weighted by Gasteiger charge is 2.15. The maximum Gasteiger partial charge on any atom is 0.276 e. The van der Waals surface area contributed by atoms with E-state index in [2.05, 4.69) is 20.7 Å². The van der Waals surface area contributed by atoms with Gasteiger partial charge < -0.3 is 15.4 Å². The van der Waals surface area contributed by atoms with E-state index in [1.165, 1.54) is 4.68 Å². The molecule has 0 fully saturated rings. The third kappa shape index (κ3) is 4.67. The molecule has 138 valence electrons. The lowest BCUT2D eigenvalue weighted by Crippen LogP contribution is -2.33. The molecule has 8 nitrogen and oxygen atoms in total. The number of H-pyrrole nitrogens is 1. The number of fused-ring (bicyclic) bond motifs is 1. The van der Waals surface area contributed by atoms with Gasteiger partial charge in [0.15, 0.2) is 5.65 Å². The molecule has 0 aliphatic heterocycles. The number of amides is 1. The molecule has 0 atom stereocenters. The van der Waals surface area contributed by atoms with Gasteiger partial charge in [0.1, 0.15) is 0 Å². The summed E-state index contributed by atoms with van der Waals surface area (Å²) in [5, 5.41) is 9.61. The van der Waals surface area contributed by atoms with Crippen molar-refractivity contribution < 1.29 is 9.53 Å². The Balaban J connectivity index is 1.93. The van der Waals surface area contributed by atoms with Gasteiger partial charge in [0.2, 0.25) is 5.91 Å². The van der Waals surface area contributed by atoms with Crippen LogP contribution in [0.15, 0.2) is 4.79 Å². The van der Waals surface area contributed by atoms with E-state index in [0.717, 1.165) is 23.4 Å². The highest BCUT2D eigenvalue weighted by molar-refractivity contribution is 5.80. The SMILES string of the molecule is COCCNCCNC(=O)CCc1c(C)nc2[nH]n(C)c(=O)c2c1C. The first kappa shape index (κ1) is 19.1. The molecule has 0 unspecified atom stereocenters. The molecule has 0 saturated heterocycles. The van der Waals surface area contributed by atoms with E-state index in [1.807, 2.05) is 13.8 Å². The number of pyridine rings is 1. The zero-order valence-corrected chi connectivity index (χ0v) is 15.4. The lowest BCUT2D eigenvalue weighted by atomic mass is 10.0. The van der Waals surface area contributed by atoms with Crippen molar-refractivity contribution in [2.75, 3.05) is 33.4 Å². The zero-order chi connectivity index (χ0) is 18.4. The molecule has 0 aromatic carbocycles. The monoisotopic (exact) mass is 349 g/mol. The van der Waals surface area contributed by atoms with Gasteiger partial charge in [-0.1, -0.05) is 0 Å². The van der Waals surface area contributed by atoms with Gasteiger partial charge in [0.25, 0.3) is 5.56 Å². The van der Waals surface area contributed by atoms with Crippen LogP contribution in [0.1, 0.15) is 23.2 Å². The van der Waals surface area contributed by atoms with Crippen LogP contribution in [-0.2, 0) is 23.0 Å². The molecule has 2 rings (SSSR count). The Morgan fingerprint density at radius 2 is 2.04 bits per heavy atom. The third-order valence-electron chi connectivity index (χ3n) is 4.28. The second-order valence-corrected chi connectivity index (χ2v) is 6.09. The van der Waals surface area contributed by atoms with Gasteiger partial charge in [0, 0.05) is 45.9 Å². The predicted molar refractivity (Wildman–Crippen MR) is 96.9 cm³/mol. The summed E-state index contributed by atoms with van der Waals surface area (Å²) in [7, 11) is 3.33. The quantitative estimate of drug-likeness (QED) is 0.560. The number of carbonyl (C=O) groups is 1. The van der Waals surface area contributed by atoms with E-state index in [4.69, 9.17) is 4.74 Å². The van der Waals surface area contributed by atoms with Crippen LogP contribution < -0.4 is 16.2 Å². The van der Waals surface area contributed by atoms with Crippen molar-refractivity contribution in [1.82, 2.24) is 25.4 Å². The fourth-order valence-corrected chi connectivity index (χ4v) is 2.90. The average molecular weight is 349 g/mol. The van der Waals surface area contributed by atoms with Gasteiger partial charge in [-0.15, -0.1) is 0 Å². The van der Waals surface area contributed by atoms with Crippen LogP contribution in [0, 0.1) is 13.8 Å². The van der Waals surface area contributed by atoms with Crippen LogP contribution in [0.3, 0.4) is 0 Å². The number of hydrogen-bond donors (Lipinski definition) is 3. The van der Waals surface area contributed by atoms with Gasteiger partial charge >= 0.3 is 0 Å². The average Bonchev–Trinajstić information content (AvgIpc) is 2.84. The van der Waals surface area contributed by atoms with E-state index < -0.39 is 0 Å². The summed E-state index contributed by atoms with van der Waals surface area (Å²) in [6, 6.07) is 0. The molecule has 0 aliphatic rings. The first-order valence-electron chi connectivity index (χ1n) is 8.46. The third-order valence-corrected chi connectivity index (χ3v) is 4.28. The van der Waals surface area contributed by atoms with Crippen LogP contribution in [-0.4, -0.2) is 54.0 Å². The molecule has 2 heterocycles. The first-order chi connectivity index (χ1) is 12.0.